The molecule has 1 saturated heterocycles. The van der Waals surface area contributed by atoms with Crippen LogP contribution >= 0.6 is 11.3 Å². The first-order valence-electron chi connectivity index (χ1n) is 12.0. The van der Waals surface area contributed by atoms with Crippen LogP contribution in [0.5, 0.6) is 0 Å². The Bertz CT molecular complexity index is 1450. The molecule has 0 bridgehead atoms. The van der Waals surface area contributed by atoms with Crippen LogP contribution in [-0.4, -0.2) is 56.7 Å². The van der Waals surface area contributed by atoms with Crippen LogP contribution < -0.4 is 15.5 Å². The zero-order valence-electron chi connectivity index (χ0n) is 20.6. The first-order valence-corrected chi connectivity index (χ1v) is 12.8. The number of aliphatic carboxylic acids is 1. The number of primary amides is 1. The van der Waals surface area contributed by atoms with Crippen molar-refractivity contribution in [3.63, 3.8) is 0 Å². The Morgan fingerprint density at radius 2 is 1.78 bits per heavy atom. The molecule has 1 aromatic carbocycles. The van der Waals surface area contributed by atoms with E-state index >= 15 is 0 Å². The highest BCUT2D eigenvalue weighted by atomic mass is 32.1. The monoisotopic (exact) mass is 517 g/mol. The second kappa shape index (κ2) is 9.74. The number of benzene rings is 1. The fraction of sp³-hybridized carbons (Fsp3) is 0.308. The zero-order valence-corrected chi connectivity index (χ0v) is 21.4. The molecule has 3 N–H and O–H groups in total. The van der Waals surface area contributed by atoms with Gasteiger partial charge in [-0.05, 0) is 62.1 Å². The lowest BCUT2D eigenvalue weighted by Crippen LogP contribution is -2.43. The van der Waals surface area contributed by atoms with Crippen molar-refractivity contribution in [1.29, 1.82) is 0 Å². The third-order valence-corrected chi connectivity index (χ3v) is 8.05. The summed E-state index contributed by atoms with van der Waals surface area (Å²) in [7, 11) is 0. The lowest BCUT2D eigenvalue weighted by molar-refractivity contribution is -0.149. The molecule has 0 unspecified atom stereocenters. The van der Waals surface area contributed by atoms with Gasteiger partial charge in [0, 0.05) is 55.5 Å². The number of hydrogen-bond donors (Lipinski definition) is 2. The van der Waals surface area contributed by atoms with Gasteiger partial charge in [0.2, 0.25) is 5.95 Å². The number of carbonyl (C=O) groups is 2. The number of hydrogen-bond acceptors (Lipinski definition) is 8. The highest BCUT2D eigenvalue weighted by Crippen LogP contribution is 2.40. The Hall–Kier alpha value is -4.12. The number of urea groups is 1. The van der Waals surface area contributed by atoms with E-state index in [2.05, 4.69) is 21.0 Å². The van der Waals surface area contributed by atoms with Crippen molar-refractivity contribution in [2.75, 3.05) is 29.4 Å². The molecule has 0 spiro atoms. The normalized spacial score (nSPS) is 15.0. The maximum Gasteiger partial charge on any atom is 0.321 e. The summed E-state index contributed by atoms with van der Waals surface area (Å²) < 4.78 is 0.942. The standard InChI is InChI=1S/C26H27N7O3S/c1-3-33(23(27)36)25-31-20-13-17(12-19(21(20)37-25)16-4-8-28-9-5-16)18-14-29-24(30-15-18)32-10-6-26(2,7-11-32)22(34)35/h4-5,8-9,12-15H,3,6-7,10-11H2,1-2H3,(H2,27,36)(H,34,35). The molecular weight excluding hydrogens is 490 g/mol. The molecule has 1 aliphatic heterocycles. The Morgan fingerprint density at radius 3 is 2.38 bits per heavy atom. The van der Waals surface area contributed by atoms with Gasteiger partial charge in [0.25, 0.3) is 0 Å². The Balaban J connectivity index is 1.50. The van der Waals surface area contributed by atoms with Crippen molar-refractivity contribution in [1.82, 2.24) is 19.9 Å². The number of carboxylic acid groups (broad SMARTS) is 1. The molecule has 37 heavy (non-hydrogen) atoms. The highest BCUT2D eigenvalue weighted by molar-refractivity contribution is 7.23. The largest absolute Gasteiger partial charge is 0.481 e. The van der Waals surface area contributed by atoms with Gasteiger partial charge in [-0.25, -0.2) is 19.7 Å². The average molecular weight is 518 g/mol. The molecule has 1 aliphatic rings. The van der Waals surface area contributed by atoms with Crippen molar-refractivity contribution in [2.45, 2.75) is 26.7 Å². The highest BCUT2D eigenvalue weighted by Gasteiger charge is 2.37. The van der Waals surface area contributed by atoms with E-state index in [4.69, 9.17) is 10.7 Å². The number of pyridine rings is 1. The van der Waals surface area contributed by atoms with Crippen molar-refractivity contribution in [2.24, 2.45) is 11.1 Å². The number of fused-ring (bicyclic) bond motifs is 1. The second-order valence-electron chi connectivity index (χ2n) is 9.31. The first kappa shape index (κ1) is 24.6. The van der Waals surface area contributed by atoms with E-state index in [1.807, 2.05) is 30.0 Å². The minimum atomic E-state index is -0.758. The topological polar surface area (TPSA) is 138 Å². The van der Waals surface area contributed by atoms with Gasteiger partial charge >= 0.3 is 12.0 Å². The molecule has 4 heterocycles. The summed E-state index contributed by atoms with van der Waals surface area (Å²) in [5.74, 6) is -0.172. The van der Waals surface area contributed by atoms with Gasteiger partial charge in [0.05, 0.1) is 15.6 Å². The molecule has 0 atom stereocenters. The molecule has 0 radical (unpaired) electrons. The summed E-state index contributed by atoms with van der Waals surface area (Å²) in [6.45, 7) is 5.25. The van der Waals surface area contributed by atoms with Crippen LogP contribution in [0.3, 0.4) is 0 Å². The Labute approximate surface area is 217 Å². The number of piperidine rings is 1. The molecule has 10 nitrogen and oxygen atoms in total. The number of aromatic nitrogens is 4. The lowest BCUT2D eigenvalue weighted by atomic mass is 9.80. The van der Waals surface area contributed by atoms with Crippen LogP contribution in [0, 0.1) is 5.41 Å². The maximum atomic E-state index is 11.9. The lowest BCUT2D eigenvalue weighted by Gasteiger charge is -2.36. The van der Waals surface area contributed by atoms with Crippen LogP contribution in [0.4, 0.5) is 15.9 Å². The van der Waals surface area contributed by atoms with Crippen LogP contribution in [0.2, 0.25) is 0 Å². The van der Waals surface area contributed by atoms with Crippen molar-refractivity contribution in [3.05, 3.63) is 49.1 Å². The summed E-state index contributed by atoms with van der Waals surface area (Å²) in [5, 5.41) is 10.0. The molecule has 4 aromatic rings. The maximum absolute atomic E-state index is 11.9. The predicted molar refractivity (Wildman–Crippen MR) is 144 cm³/mol. The smallest absolute Gasteiger partial charge is 0.321 e. The van der Waals surface area contributed by atoms with E-state index in [0.29, 0.717) is 43.6 Å². The number of anilines is 2. The molecular formula is C26H27N7O3S. The van der Waals surface area contributed by atoms with E-state index in [1.54, 1.807) is 31.7 Å². The van der Waals surface area contributed by atoms with Gasteiger partial charge in [-0.1, -0.05) is 11.3 Å². The van der Waals surface area contributed by atoms with Crippen LogP contribution in [0.15, 0.2) is 49.1 Å². The molecule has 3 aromatic heterocycles. The molecule has 11 heteroatoms. The summed E-state index contributed by atoms with van der Waals surface area (Å²) in [5.41, 5.74) is 9.27. The van der Waals surface area contributed by atoms with Gasteiger partial charge in [-0.15, -0.1) is 0 Å². The Morgan fingerprint density at radius 1 is 1.11 bits per heavy atom. The number of amides is 2. The third kappa shape index (κ3) is 4.69. The SMILES string of the molecule is CCN(C(N)=O)c1nc2cc(-c3cnc(N4CCC(C)(C(=O)O)CC4)nc3)cc(-c3ccncc3)c2s1. The predicted octanol–water partition coefficient (Wildman–Crippen LogP) is 4.41. The van der Waals surface area contributed by atoms with Crippen molar-refractivity contribution in [3.8, 4) is 22.3 Å². The molecule has 5 rings (SSSR count). The second-order valence-corrected chi connectivity index (χ2v) is 10.3. The quantitative estimate of drug-likeness (QED) is 0.383. The molecule has 2 amide bonds. The number of rotatable bonds is 6. The summed E-state index contributed by atoms with van der Waals surface area (Å²) in [6, 6.07) is 7.36. The number of thiazole rings is 1. The fourth-order valence-electron chi connectivity index (χ4n) is 4.48. The van der Waals surface area contributed by atoms with Crippen molar-refractivity contribution >= 4 is 44.6 Å². The number of carboxylic acids is 1. The number of nitrogens with two attached hydrogens (primary N) is 1. The van der Waals surface area contributed by atoms with E-state index in [-0.39, 0.29) is 0 Å². The summed E-state index contributed by atoms with van der Waals surface area (Å²) in [4.78, 5) is 45.0. The molecule has 190 valence electrons. The molecule has 1 fully saturated rings. The van der Waals surface area contributed by atoms with E-state index in [0.717, 1.165) is 32.5 Å². The third-order valence-electron chi connectivity index (χ3n) is 6.92. The summed E-state index contributed by atoms with van der Waals surface area (Å²) >= 11 is 1.42. The fourth-order valence-corrected chi connectivity index (χ4v) is 5.63. The zero-order chi connectivity index (χ0) is 26.2. The van der Waals surface area contributed by atoms with Crippen molar-refractivity contribution < 1.29 is 14.7 Å². The average Bonchev–Trinajstić information content (AvgIpc) is 3.33. The number of nitrogens with zero attached hydrogens (tertiary/aromatic N) is 6. The van der Waals surface area contributed by atoms with E-state index < -0.39 is 17.4 Å². The van der Waals surface area contributed by atoms with E-state index in [9.17, 15) is 14.7 Å². The van der Waals surface area contributed by atoms with Crippen LogP contribution in [-0.2, 0) is 4.79 Å². The van der Waals surface area contributed by atoms with E-state index in [1.165, 1.54) is 16.2 Å². The molecule has 0 aliphatic carbocycles. The van der Waals surface area contributed by atoms with Gasteiger partial charge in [0.1, 0.15) is 0 Å². The number of carbonyl (C=O) groups excluding carboxylic acids is 1. The summed E-state index contributed by atoms with van der Waals surface area (Å²) in [6.07, 6.45) is 8.13. The van der Waals surface area contributed by atoms with Crippen LogP contribution in [0.1, 0.15) is 26.7 Å². The van der Waals surface area contributed by atoms with Gasteiger partial charge in [-0.2, -0.15) is 0 Å². The minimum Gasteiger partial charge on any atom is -0.481 e. The van der Waals surface area contributed by atoms with Gasteiger partial charge < -0.3 is 15.7 Å². The van der Waals surface area contributed by atoms with Crippen LogP contribution in [0.25, 0.3) is 32.5 Å². The van der Waals surface area contributed by atoms with Gasteiger partial charge in [-0.3, -0.25) is 14.7 Å². The van der Waals surface area contributed by atoms with Gasteiger partial charge in [0.15, 0.2) is 5.13 Å². The first-order chi connectivity index (χ1) is 17.8. The minimum absolute atomic E-state index is 0.421. The Kier molecular flexibility index (Phi) is 6.46. The molecule has 0 saturated carbocycles.